The Morgan fingerprint density at radius 2 is 2.05 bits per heavy atom. The highest BCUT2D eigenvalue weighted by Gasteiger charge is 2.27. The maximum atomic E-state index is 12.1. The van der Waals surface area contributed by atoms with E-state index in [1.54, 1.807) is 0 Å². The average Bonchev–Trinajstić information content (AvgIpc) is 2.31. The molecule has 1 fully saturated rings. The Balaban J connectivity index is 1.92. The molecule has 1 amide bonds. The van der Waals surface area contributed by atoms with E-state index in [0.29, 0.717) is 6.54 Å². The fraction of sp³-hybridized carbons (Fsp3) is 0.533. The summed E-state index contributed by atoms with van der Waals surface area (Å²) in [5.41, 5.74) is 1.99. The topological polar surface area (TPSA) is 42.8 Å². The van der Waals surface area contributed by atoms with Crippen LogP contribution in [0.25, 0.3) is 0 Å². The van der Waals surface area contributed by atoms with Gasteiger partial charge in [-0.3, -0.25) is 4.79 Å². The molecule has 2 atom stereocenters. The lowest BCUT2D eigenvalue weighted by atomic mass is 10.2. The highest BCUT2D eigenvalue weighted by Crippen LogP contribution is 2.23. The highest BCUT2D eigenvalue weighted by molar-refractivity contribution is 9.10. The van der Waals surface area contributed by atoms with Gasteiger partial charge in [-0.05, 0) is 54.4 Å². The van der Waals surface area contributed by atoms with Crippen LogP contribution in [0.2, 0.25) is 0 Å². The quantitative estimate of drug-likeness (QED) is 0.872. The van der Waals surface area contributed by atoms with Crippen LogP contribution >= 0.6 is 15.9 Å². The van der Waals surface area contributed by atoms with Crippen molar-refractivity contribution in [3.63, 3.8) is 0 Å². The number of morpholine rings is 1. The lowest BCUT2D eigenvalue weighted by Gasteiger charge is -2.31. The Morgan fingerprint density at radius 1 is 1.40 bits per heavy atom. The van der Waals surface area contributed by atoms with E-state index >= 15 is 0 Å². The van der Waals surface area contributed by atoms with Crippen LogP contribution in [0.1, 0.15) is 19.4 Å². The normalized spacial score (nSPS) is 26.3. The van der Waals surface area contributed by atoms with Crippen LogP contribution in [-0.2, 0) is 9.53 Å². The van der Waals surface area contributed by atoms with Crippen molar-refractivity contribution in [2.75, 3.05) is 25.0 Å². The van der Waals surface area contributed by atoms with E-state index in [1.165, 1.54) is 4.90 Å². The lowest BCUT2D eigenvalue weighted by molar-refractivity contribution is -0.907. The van der Waals surface area contributed by atoms with Crippen LogP contribution in [0.5, 0.6) is 0 Å². The molecule has 0 saturated carbocycles. The lowest BCUT2D eigenvalue weighted by Crippen LogP contribution is -3.16. The first kappa shape index (κ1) is 15.5. The largest absolute Gasteiger partial charge is 0.364 e. The Kier molecular flexibility index (Phi) is 5.18. The molecule has 2 N–H and O–H groups in total. The number of benzene rings is 1. The van der Waals surface area contributed by atoms with Gasteiger partial charge in [0.25, 0.3) is 5.91 Å². The fourth-order valence-electron chi connectivity index (χ4n) is 2.68. The van der Waals surface area contributed by atoms with Gasteiger partial charge in [0.05, 0.1) is 5.69 Å². The van der Waals surface area contributed by atoms with E-state index in [9.17, 15) is 4.79 Å². The number of ether oxygens (including phenoxy) is 1. The molecule has 1 saturated heterocycles. The van der Waals surface area contributed by atoms with Crippen LogP contribution in [0.3, 0.4) is 0 Å². The molecule has 0 aromatic heterocycles. The summed E-state index contributed by atoms with van der Waals surface area (Å²) in [6.07, 6.45) is 0.431. The molecule has 0 aliphatic carbocycles. The molecule has 1 heterocycles. The van der Waals surface area contributed by atoms with Crippen LogP contribution < -0.4 is 10.2 Å². The van der Waals surface area contributed by atoms with E-state index in [-0.39, 0.29) is 18.1 Å². The molecule has 110 valence electrons. The third-order valence-corrected chi connectivity index (χ3v) is 4.08. The summed E-state index contributed by atoms with van der Waals surface area (Å²) >= 11 is 3.48. The number of amides is 1. The van der Waals surface area contributed by atoms with Gasteiger partial charge in [0, 0.05) is 4.47 Å². The summed E-state index contributed by atoms with van der Waals surface area (Å²) in [5, 5.41) is 2.97. The van der Waals surface area contributed by atoms with Gasteiger partial charge in [-0.25, -0.2) is 0 Å². The van der Waals surface area contributed by atoms with E-state index in [4.69, 9.17) is 4.74 Å². The molecule has 0 spiro atoms. The molecular weight excluding hydrogens is 320 g/mol. The van der Waals surface area contributed by atoms with Crippen molar-refractivity contribution in [1.82, 2.24) is 0 Å². The Labute approximate surface area is 128 Å². The average molecular weight is 342 g/mol. The molecule has 1 aromatic rings. The maximum absolute atomic E-state index is 12.1. The van der Waals surface area contributed by atoms with Gasteiger partial charge in [0.2, 0.25) is 0 Å². The molecule has 20 heavy (non-hydrogen) atoms. The SMILES string of the molecule is Cc1ccc(NC(=O)C[NH+]2C[C@H](C)O[C@@H](C)C2)c(Br)c1. The van der Waals surface area contributed by atoms with Gasteiger partial charge in [-0.15, -0.1) is 0 Å². The predicted molar refractivity (Wildman–Crippen MR) is 83.1 cm³/mol. The zero-order valence-electron chi connectivity index (χ0n) is 12.2. The van der Waals surface area contributed by atoms with Crippen molar-refractivity contribution in [2.24, 2.45) is 0 Å². The summed E-state index contributed by atoms with van der Waals surface area (Å²) in [5.74, 6) is 0.0471. The standard InChI is InChI=1S/C15H21BrN2O2/c1-10-4-5-14(13(16)6-10)17-15(19)9-18-7-11(2)20-12(3)8-18/h4-6,11-12H,7-9H2,1-3H3,(H,17,19)/p+1/t11-,12-/m0/s1. The number of rotatable bonds is 3. The van der Waals surface area contributed by atoms with Crippen LogP contribution in [0.15, 0.2) is 22.7 Å². The number of carbonyl (C=O) groups excluding carboxylic acids is 1. The van der Waals surface area contributed by atoms with Gasteiger partial charge in [-0.1, -0.05) is 6.07 Å². The zero-order valence-corrected chi connectivity index (χ0v) is 13.8. The highest BCUT2D eigenvalue weighted by atomic mass is 79.9. The molecule has 5 heteroatoms. The summed E-state index contributed by atoms with van der Waals surface area (Å²) in [4.78, 5) is 13.4. The van der Waals surface area contributed by atoms with Gasteiger partial charge in [-0.2, -0.15) is 0 Å². The van der Waals surface area contributed by atoms with Gasteiger partial charge >= 0.3 is 0 Å². The van der Waals surface area contributed by atoms with E-state index in [2.05, 4.69) is 35.1 Å². The third kappa shape index (κ3) is 4.30. The molecule has 4 nitrogen and oxygen atoms in total. The minimum atomic E-state index is 0.0471. The number of hydrogen-bond donors (Lipinski definition) is 2. The van der Waals surface area contributed by atoms with Crippen molar-refractivity contribution in [2.45, 2.75) is 33.0 Å². The second-order valence-corrected chi connectivity index (χ2v) is 6.48. The molecule has 0 unspecified atom stereocenters. The molecule has 2 rings (SSSR count). The van der Waals surface area contributed by atoms with Gasteiger partial charge < -0.3 is 15.0 Å². The molecule has 1 aliphatic rings. The summed E-state index contributed by atoms with van der Waals surface area (Å²) in [6.45, 7) is 8.39. The van der Waals surface area contributed by atoms with Crippen molar-refractivity contribution in [3.8, 4) is 0 Å². The van der Waals surface area contributed by atoms with E-state index < -0.39 is 0 Å². The summed E-state index contributed by atoms with van der Waals surface area (Å²) in [7, 11) is 0. The number of hydrogen-bond acceptors (Lipinski definition) is 2. The molecule has 1 aliphatic heterocycles. The fourth-order valence-corrected chi connectivity index (χ4v) is 3.27. The summed E-state index contributed by atoms with van der Waals surface area (Å²) in [6, 6.07) is 5.92. The van der Waals surface area contributed by atoms with Crippen LogP contribution in [0.4, 0.5) is 5.69 Å². The second-order valence-electron chi connectivity index (χ2n) is 5.62. The van der Waals surface area contributed by atoms with Crippen molar-refractivity contribution in [3.05, 3.63) is 28.2 Å². The van der Waals surface area contributed by atoms with E-state index in [1.807, 2.05) is 25.1 Å². The van der Waals surface area contributed by atoms with Crippen molar-refractivity contribution < 1.29 is 14.4 Å². The first-order chi connectivity index (χ1) is 9.44. The minimum absolute atomic E-state index is 0.0471. The molecular formula is C15H22BrN2O2+. The molecule has 1 aromatic carbocycles. The Hall–Kier alpha value is -0.910. The number of carbonyl (C=O) groups is 1. The van der Waals surface area contributed by atoms with E-state index in [0.717, 1.165) is 28.8 Å². The van der Waals surface area contributed by atoms with Crippen molar-refractivity contribution >= 4 is 27.5 Å². The Morgan fingerprint density at radius 3 is 2.65 bits per heavy atom. The first-order valence-corrected chi connectivity index (χ1v) is 7.78. The number of aryl methyl sites for hydroxylation is 1. The molecule has 0 bridgehead atoms. The monoisotopic (exact) mass is 341 g/mol. The minimum Gasteiger partial charge on any atom is -0.364 e. The number of halogens is 1. The maximum Gasteiger partial charge on any atom is 0.279 e. The van der Waals surface area contributed by atoms with Gasteiger partial charge in [0.1, 0.15) is 25.3 Å². The Bertz CT molecular complexity index is 483. The molecule has 0 radical (unpaired) electrons. The van der Waals surface area contributed by atoms with Crippen LogP contribution in [-0.4, -0.2) is 37.7 Å². The van der Waals surface area contributed by atoms with Crippen LogP contribution in [0, 0.1) is 6.92 Å². The smallest absolute Gasteiger partial charge is 0.279 e. The second kappa shape index (κ2) is 6.70. The number of anilines is 1. The van der Waals surface area contributed by atoms with Crippen molar-refractivity contribution in [1.29, 1.82) is 0 Å². The number of quaternary nitrogens is 1. The zero-order chi connectivity index (χ0) is 14.7. The first-order valence-electron chi connectivity index (χ1n) is 6.99. The summed E-state index contributed by atoms with van der Waals surface area (Å²) < 4.78 is 6.61. The predicted octanol–water partition coefficient (Wildman–Crippen LogP) is 1.39. The number of nitrogens with one attached hydrogen (secondary N) is 2. The van der Waals surface area contributed by atoms with Gasteiger partial charge in [0.15, 0.2) is 6.54 Å². The third-order valence-electron chi connectivity index (χ3n) is 3.43.